The minimum atomic E-state index is -0.702. The van der Waals surface area contributed by atoms with Crippen LogP contribution in [0.25, 0.3) is 0 Å². The number of unbranched alkanes of at least 4 members (excludes halogenated alkanes) is 30. The lowest BCUT2D eigenvalue weighted by Crippen LogP contribution is -2.18. The van der Waals surface area contributed by atoms with Crippen LogP contribution in [-0.2, 0) is 14.3 Å². The number of carboxylic acid groups (broad SMARTS) is 1. The Balaban J connectivity index is 3.87. The molecule has 4 heteroatoms. The lowest BCUT2D eigenvalue weighted by Gasteiger charge is -2.18. The molecule has 306 valence electrons. The summed E-state index contributed by atoms with van der Waals surface area (Å²) in [5.74, 6) is -0.712. The van der Waals surface area contributed by atoms with Crippen molar-refractivity contribution in [3.05, 3.63) is 24.3 Å². The predicted octanol–water partition coefficient (Wildman–Crippen LogP) is 16.3. The molecule has 0 rings (SSSR count). The van der Waals surface area contributed by atoms with Crippen LogP contribution in [0.15, 0.2) is 24.3 Å². The van der Waals surface area contributed by atoms with E-state index in [0.29, 0.717) is 6.42 Å². The summed E-state index contributed by atoms with van der Waals surface area (Å²) in [6, 6.07) is 0. The van der Waals surface area contributed by atoms with Crippen molar-refractivity contribution in [2.24, 2.45) is 0 Å². The third-order valence-electron chi connectivity index (χ3n) is 10.6. The smallest absolute Gasteiger partial charge is 0.306 e. The first-order valence-corrected chi connectivity index (χ1v) is 23.3. The number of carboxylic acids is 1. The molecule has 1 N–H and O–H groups in total. The molecule has 1 atom stereocenters. The molecule has 0 bridgehead atoms. The summed E-state index contributed by atoms with van der Waals surface area (Å²) in [5.41, 5.74) is 0. The fourth-order valence-electron chi connectivity index (χ4n) is 7.18. The number of carbonyl (C=O) groups excluding carboxylic acids is 1. The molecule has 0 aromatic heterocycles. The molecular formula is C48H90O4. The number of aliphatic carboxylic acids is 1. The van der Waals surface area contributed by atoms with Gasteiger partial charge in [0.05, 0.1) is 0 Å². The van der Waals surface area contributed by atoms with E-state index in [-0.39, 0.29) is 18.5 Å². The zero-order valence-electron chi connectivity index (χ0n) is 35.1. The number of hydrogen-bond donors (Lipinski definition) is 1. The molecule has 1 unspecified atom stereocenters. The summed E-state index contributed by atoms with van der Waals surface area (Å²) in [7, 11) is 0. The van der Waals surface area contributed by atoms with Crippen molar-refractivity contribution in [1.82, 2.24) is 0 Å². The number of ether oxygens (including phenoxy) is 1. The maximum Gasteiger partial charge on any atom is 0.306 e. The maximum atomic E-state index is 12.7. The second kappa shape index (κ2) is 43.8. The van der Waals surface area contributed by atoms with Crippen LogP contribution in [-0.4, -0.2) is 23.1 Å². The third kappa shape index (κ3) is 42.8. The van der Waals surface area contributed by atoms with E-state index >= 15 is 0 Å². The molecule has 0 saturated carbocycles. The molecule has 0 amide bonds. The first-order chi connectivity index (χ1) is 25.6. The molecule has 52 heavy (non-hydrogen) atoms. The van der Waals surface area contributed by atoms with Gasteiger partial charge in [-0.1, -0.05) is 192 Å². The Hall–Kier alpha value is -1.58. The van der Waals surface area contributed by atoms with Gasteiger partial charge in [-0.3, -0.25) is 9.59 Å². The molecule has 0 aliphatic heterocycles. The van der Waals surface area contributed by atoms with E-state index in [2.05, 4.69) is 38.2 Å². The van der Waals surface area contributed by atoms with Gasteiger partial charge in [-0.05, 0) is 83.5 Å². The summed E-state index contributed by atoms with van der Waals surface area (Å²) in [6.07, 6.45) is 56.5. The highest BCUT2D eigenvalue weighted by Gasteiger charge is 2.14. The normalized spacial score (nSPS) is 12.3. The number of esters is 1. The lowest BCUT2D eigenvalue weighted by molar-refractivity contribution is -0.150. The Morgan fingerprint density at radius 3 is 1.12 bits per heavy atom. The number of rotatable bonds is 43. The van der Waals surface area contributed by atoms with E-state index in [1.54, 1.807) is 0 Å². The van der Waals surface area contributed by atoms with Crippen molar-refractivity contribution in [3.8, 4) is 0 Å². The predicted molar refractivity (Wildman–Crippen MR) is 227 cm³/mol. The molecule has 0 spiro atoms. The zero-order chi connectivity index (χ0) is 37.8. The standard InChI is InChI=1S/C48H90O4/c1-3-5-7-9-11-13-15-16-17-18-19-20-21-22-23-24-25-26-28-30-32-37-41-45-48(51)52-46(43-39-35-33-36-40-44-47(49)50)42-38-34-31-29-27-14-12-10-8-6-4-2/h18-19,29,31,46H,3-17,20-28,30,32-45H2,1-2H3,(H,49,50)/b19-18-,31-29-. The molecule has 0 aromatic carbocycles. The summed E-state index contributed by atoms with van der Waals surface area (Å²) >= 11 is 0. The van der Waals surface area contributed by atoms with Gasteiger partial charge in [0, 0.05) is 12.8 Å². The molecular weight excluding hydrogens is 641 g/mol. The lowest BCUT2D eigenvalue weighted by atomic mass is 10.0. The fourth-order valence-corrected chi connectivity index (χ4v) is 7.18. The SMILES string of the molecule is CCCCCCCC/C=C\CCCC(CCCCCCCC(=O)O)OC(=O)CCCCCCCCCCCCC/C=C\CCCCCCCCCC. The topological polar surface area (TPSA) is 63.6 Å². The van der Waals surface area contributed by atoms with Crippen LogP contribution in [0.1, 0.15) is 264 Å². The molecule has 0 heterocycles. The number of carbonyl (C=O) groups is 2. The van der Waals surface area contributed by atoms with Crippen molar-refractivity contribution in [1.29, 1.82) is 0 Å². The second-order valence-corrected chi connectivity index (χ2v) is 15.9. The van der Waals surface area contributed by atoms with Gasteiger partial charge < -0.3 is 9.84 Å². The van der Waals surface area contributed by atoms with Crippen LogP contribution in [0.4, 0.5) is 0 Å². The Bertz CT molecular complexity index is 787. The molecule has 0 aromatic rings. The van der Waals surface area contributed by atoms with Crippen LogP contribution in [0.3, 0.4) is 0 Å². The highest BCUT2D eigenvalue weighted by molar-refractivity contribution is 5.69. The quantitative estimate of drug-likeness (QED) is 0.0385. The molecule has 0 aliphatic carbocycles. The van der Waals surface area contributed by atoms with Gasteiger partial charge in [0.2, 0.25) is 0 Å². The first-order valence-electron chi connectivity index (χ1n) is 23.3. The average Bonchev–Trinajstić information content (AvgIpc) is 3.13. The summed E-state index contributed by atoms with van der Waals surface area (Å²) in [4.78, 5) is 23.4. The van der Waals surface area contributed by atoms with Gasteiger partial charge >= 0.3 is 11.9 Å². The Kier molecular flexibility index (Phi) is 42.5. The van der Waals surface area contributed by atoms with E-state index in [1.807, 2.05) is 0 Å². The zero-order valence-corrected chi connectivity index (χ0v) is 35.1. The number of allylic oxidation sites excluding steroid dienone is 4. The van der Waals surface area contributed by atoms with Crippen molar-refractivity contribution >= 4 is 11.9 Å². The van der Waals surface area contributed by atoms with Crippen LogP contribution in [0.5, 0.6) is 0 Å². The first kappa shape index (κ1) is 50.4. The van der Waals surface area contributed by atoms with Crippen LogP contribution in [0.2, 0.25) is 0 Å². The monoisotopic (exact) mass is 731 g/mol. The summed E-state index contributed by atoms with van der Waals surface area (Å²) in [6.45, 7) is 4.56. The second-order valence-electron chi connectivity index (χ2n) is 15.9. The Labute approximate surface area is 325 Å². The van der Waals surface area contributed by atoms with Crippen LogP contribution < -0.4 is 0 Å². The third-order valence-corrected chi connectivity index (χ3v) is 10.6. The van der Waals surface area contributed by atoms with Crippen LogP contribution >= 0.6 is 0 Å². The van der Waals surface area contributed by atoms with E-state index in [4.69, 9.17) is 9.84 Å². The maximum absolute atomic E-state index is 12.7. The van der Waals surface area contributed by atoms with E-state index in [9.17, 15) is 9.59 Å². The molecule has 0 fully saturated rings. The summed E-state index contributed by atoms with van der Waals surface area (Å²) < 4.78 is 6.01. The largest absolute Gasteiger partial charge is 0.481 e. The van der Waals surface area contributed by atoms with E-state index in [0.717, 1.165) is 70.6 Å². The highest BCUT2D eigenvalue weighted by Crippen LogP contribution is 2.18. The minimum absolute atomic E-state index is 0.0101. The molecule has 4 nitrogen and oxygen atoms in total. The Morgan fingerprint density at radius 1 is 0.404 bits per heavy atom. The van der Waals surface area contributed by atoms with Crippen LogP contribution in [0, 0.1) is 0 Å². The van der Waals surface area contributed by atoms with Gasteiger partial charge in [0.15, 0.2) is 0 Å². The number of hydrogen-bond acceptors (Lipinski definition) is 3. The van der Waals surface area contributed by atoms with Crippen molar-refractivity contribution in [2.75, 3.05) is 0 Å². The van der Waals surface area contributed by atoms with Gasteiger partial charge in [0.25, 0.3) is 0 Å². The fraction of sp³-hybridized carbons (Fsp3) is 0.875. The average molecular weight is 731 g/mol. The molecule has 0 saturated heterocycles. The summed E-state index contributed by atoms with van der Waals surface area (Å²) in [5, 5.41) is 8.84. The van der Waals surface area contributed by atoms with Crippen molar-refractivity contribution in [3.63, 3.8) is 0 Å². The van der Waals surface area contributed by atoms with E-state index < -0.39 is 5.97 Å². The molecule has 0 radical (unpaired) electrons. The van der Waals surface area contributed by atoms with Gasteiger partial charge in [0.1, 0.15) is 6.10 Å². The van der Waals surface area contributed by atoms with Crippen molar-refractivity contribution in [2.45, 2.75) is 270 Å². The van der Waals surface area contributed by atoms with Crippen molar-refractivity contribution < 1.29 is 19.4 Å². The van der Waals surface area contributed by atoms with E-state index in [1.165, 1.54) is 167 Å². The van der Waals surface area contributed by atoms with Gasteiger partial charge in [-0.25, -0.2) is 0 Å². The van der Waals surface area contributed by atoms with Gasteiger partial charge in [-0.2, -0.15) is 0 Å². The molecule has 0 aliphatic rings. The highest BCUT2D eigenvalue weighted by atomic mass is 16.5. The minimum Gasteiger partial charge on any atom is -0.481 e. The van der Waals surface area contributed by atoms with Gasteiger partial charge in [-0.15, -0.1) is 0 Å². The Morgan fingerprint density at radius 2 is 0.712 bits per heavy atom.